The molecule has 206 valence electrons. The van der Waals surface area contributed by atoms with Gasteiger partial charge in [0, 0.05) is 12.8 Å². The molecule has 0 saturated carbocycles. The lowest BCUT2D eigenvalue weighted by atomic mass is 10.1. The van der Waals surface area contributed by atoms with Gasteiger partial charge < -0.3 is 14.8 Å². The second-order valence-electron chi connectivity index (χ2n) is 7.92. The molecule has 1 N–H and O–H groups in total. The molecule has 38 heavy (non-hydrogen) atoms. The zero-order chi connectivity index (χ0) is 28.1. The summed E-state index contributed by atoms with van der Waals surface area (Å²) < 4.78 is 105. The van der Waals surface area contributed by atoms with Crippen molar-refractivity contribution in [3.05, 3.63) is 65.2 Å². The summed E-state index contributed by atoms with van der Waals surface area (Å²) in [6.07, 6.45) is -10.1. The standard InChI is InChI=1S/C23H21F7N4O3S/c1-13(10-36-2)34-19(11-37-18-6-4-3-5-17(18)24)32-33-21(34)38-12-20(35)31-16-8-14(22(25,26)27)7-15(9-16)23(28,29)30/h3-9,13H,10-12H2,1-2H3,(H,31,35)/t13-/m1/s1. The molecule has 1 amide bonds. The quantitative estimate of drug-likeness (QED) is 0.241. The molecule has 0 radical (unpaired) electrons. The third-order valence-corrected chi connectivity index (χ3v) is 5.92. The van der Waals surface area contributed by atoms with Gasteiger partial charge in [0.25, 0.3) is 0 Å². The van der Waals surface area contributed by atoms with Crippen molar-refractivity contribution >= 4 is 23.4 Å². The SMILES string of the molecule is COC[C@@H](C)n1c(COc2ccccc2F)nnc1SCC(=O)Nc1cc(C(F)(F)F)cc(C(F)(F)F)c1. The lowest BCUT2D eigenvalue weighted by Crippen LogP contribution is -2.19. The maximum Gasteiger partial charge on any atom is 0.416 e. The molecular weight excluding hydrogens is 545 g/mol. The van der Waals surface area contributed by atoms with E-state index in [0.717, 1.165) is 11.8 Å². The third kappa shape index (κ3) is 7.60. The number of benzene rings is 2. The minimum Gasteiger partial charge on any atom is -0.483 e. The number of anilines is 1. The lowest BCUT2D eigenvalue weighted by molar-refractivity contribution is -0.143. The Labute approximate surface area is 216 Å². The number of carbonyl (C=O) groups is 1. The Morgan fingerprint density at radius 1 is 1.05 bits per heavy atom. The number of alkyl halides is 6. The summed E-state index contributed by atoms with van der Waals surface area (Å²) in [4.78, 5) is 12.4. The summed E-state index contributed by atoms with van der Waals surface area (Å²) in [5, 5.41) is 10.3. The first kappa shape index (κ1) is 29.2. The number of nitrogens with zero attached hydrogens (tertiary/aromatic N) is 3. The normalized spacial score (nSPS) is 12.9. The van der Waals surface area contributed by atoms with E-state index in [-0.39, 0.29) is 42.1 Å². The number of amides is 1. The van der Waals surface area contributed by atoms with E-state index in [9.17, 15) is 35.5 Å². The molecule has 0 aliphatic rings. The lowest BCUT2D eigenvalue weighted by Gasteiger charge is -2.17. The van der Waals surface area contributed by atoms with E-state index in [1.807, 2.05) is 0 Å². The highest BCUT2D eigenvalue weighted by Gasteiger charge is 2.37. The molecule has 0 bridgehead atoms. The molecule has 0 unspecified atom stereocenters. The largest absolute Gasteiger partial charge is 0.483 e. The second kappa shape index (κ2) is 12.0. The summed E-state index contributed by atoms with van der Waals surface area (Å²) in [5.41, 5.74) is -3.77. The maximum absolute atomic E-state index is 13.9. The Hall–Kier alpha value is -3.33. The van der Waals surface area contributed by atoms with Gasteiger partial charge in [-0.15, -0.1) is 10.2 Å². The average molecular weight is 566 g/mol. The van der Waals surface area contributed by atoms with Gasteiger partial charge in [-0.1, -0.05) is 23.9 Å². The van der Waals surface area contributed by atoms with Crippen LogP contribution in [0.5, 0.6) is 5.75 Å². The summed E-state index contributed by atoms with van der Waals surface area (Å²) in [6, 6.07) is 6.15. The van der Waals surface area contributed by atoms with Crippen molar-refractivity contribution in [1.29, 1.82) is 0 Å². The topological polar surface area (TPSA) is 78.3 Å². The number of halogens is 7. The van der Waals surface area contributed by atoms with Crippen molar-refractivity contribution < 1.29 is 45.0 Å². The van der Waals surface area contributed by atoms with Crippen LogP contribution >= 0.6 is 11.8 Å². The van der Waals surface area contributed by atoms with Crippen molar-refractivity contribution in [2.75, 3.05) is 24.8 Å². The summed E-state index contributed by atoms with van der Waals surface area (Å²) in [7, 11) is 1.46. The van der Waals surface area contributed by atoms with E-state index in [1.54, 1.807) is 17.6 Å². The molecule has 1 atom stereocenters. The molecule has 2 aromatic carbocycles. The van der Waals surface area contributed by atoms with Gasteiger partial charge in [-0.2, -0.15) is 26.3 Å². The van der Waals surface area contributed by atoms with Gasteiger partial charge in [-0.3, -0.25) is 9.36 Å². The molecule has 0 spiro atoms. The van der Waals surface area contributed by atoms with E-state index in [1.165, 1.54) is 25.3 Å². The summed E-state index contributed by atoms with van der Waals surface area (Å²) in [6.45, 7) is 1.78. The fourth-order valence-electron chi connectivity index (χ4n) is 3.32. The minimum absolute atomic E-state index is 0.0191. The van der Waals surface area contributed by atoms with E-state index in [2.05, 4.69) is 15.5 Å². The van der Waals surface area contributed by atoms with Crippen LogP contribution in [0.3, 0.4) is 0 Å². The molecule has 15 heteroatoms. The monoisotopic (exact) mass is 566 g/mol. The molecule has 1 heterocycles. The van der Waals surface area contributed by atoms with Gasteiger partial charge in [0.15, 0.2) is 22.5 Å². The second-order valence-corrected chi connectivity index (χ2v) is 8.87. The van der Waals surface area contributed by atoms with Gasteiger partial charge in [0.2, 0.25) is 5.91 Å². The Balaban J connectivity index is 1.75. The van der Waals surface area contributed by atoms with Crippen LogP contribution in [0.25, 0.3) is 0 Å². The van der Waals surface area contributed by atoms with Crippen LogP contribution in [0.4, 0.5) is 36.4 Å². The average Bonchev–Trinajstić information content (AvgIpc) is 3.24. The number of hydrogen-bond acceptors (Lipinski definition) is 6. The van der Waals surface area contributed by atoms with Gasteiger partial charge in [0.1, 0.15) is 6.61 Å². The first-order valence-corrected chi connectivity index (χ1v) is 11.8. The maximum atomic E-state index is 13.9. The fourth-order valence-corrected chi connectivity index (χ4v) is 4.18. The highest BCUT2D eigenvalue weighted by molar-refractivity contribution is 7.99. The van der Waals surface area contributed by atoms with Crippen LogP contribution in [-0.4, -0.2) is 40.1 Å². The van der Waals surface area contributed by atoms with Crippen LogP contribution < -0.4 is 10.1 Å². The molecule has 3 aromatic rings. The van der Waals surface area contributed by atoms with Gasteiger partial charge in [-0.05, 0) is 37.3 Å². The predicted molar refractivity (Wildman–Crippen MR) is 123 cm³/mol. The van der Waals surface area contributed by atoms with E-state index in [4.69, 9.17) is 9.47 Å². The van der Waals surface area contributed by atoms with Crippen LogP contribution in [0.1, 0.15) is 29.9 Å². The third-order valence-electron chi connectivity index (χ3n) is 4.98. The predicted octanol–water partition coefficient (Wildman–Crippen LogP) is 5.97. The molecule has 1 aromatic heterocycles. The van der Waals surface area contributed by atoms with Gasteiger partial charge >= 0.3 is 12.4 Å². The van der Waals surface area contributed by atoms with E-state index < -0.39 is 46.6 Å². The number of thioether (sulfide) groups is 1. The minimum atomic E-state index is -5.05. The first-order chi connectivity index (χ1) is 17.8. The van der Waals surface area contributed by atoms with Crippen molar-refractivity contribution in [3.63, 3.8) is 0 Å². The molecule has 7 nitrogen and oxygen atoms in total. The molecule has 0 fully saturated rings. The Kier molecular flexibility index (Phi) is 9.25. The van der Waals surface area contributed by atoms with Crippen LogP contribution in [-0.2, 0) is 28.5 Å². The number of rotatable bonds is 10. The van der Waals surface area contributed by atoms with Crippen LogP contribution in [0.15, 0.2) is 47.6 Å². The molecule has 3 rings (SSSR count). The molecular formula is C23H21F7N4O3S. The van der Waals surface area contributed by atoms with Gasteiger partial charge in [0.05, 0.1) is 29.5 Å². The van der Waals surface area contributed by atoms with Crippen molar-refractivity contribution in [3.8, 4) is 5.75 Å². The van der Waals surface area contributed by atoms with E-state index in [0.29, 0.717) is 12.1 Å². The van der Waals surface area contributed by atoms with Crippen LogP contribution in [0.2, 0.25) is 0 Å². The van der Waals surface area contributed by atoms with Crippen molar-refractivity contribution in [2.24, 2.45) is 0 Å². The number of aromatic nitrogens is 3. The number of carbonyl (C=O) groups excluding carboxylic acids is 1. The summed E-state index contributed by atoms with van der Waals surface area (Å²) in [5.74, 6) is -1.62. The molecule has 0 saturated heterocycles. The Morgan fingerprint density at radius 2 is 1.68 bits per heavy atom. The zero-order valence-electron chi connectivity index (χ0n) is 19.9. The van der Waals surface area contributed by atoms with Gasteiger partial charge in [-0.25, -0.2) is 4.39 Å². The number of nitrogens with one attached hydrogen (secondary N) is 1. The summed E-state index contributed by atoms with van der Waals surface area (Å²) >= 11 is 0.841. The fraction of sp³-hybridized carbons (Fsp3) is 0.348. The van der Waals surface area contributed by atoms with Crippen LogP contribution in [0, 0.1) is 5.82 Å². The number of hydrogen-bond donors (Lipinski definition) is 1. The van der Waals surface area contributed by atoms with Crippen molar-refractivity contribution in [2.45, 2.75) is 37.1 Å². The molecule has 0 aliphatic heterocycles. The smallest absolute Gasteiger partial charge is 0.416 e. The highest BCUT2D eigenvalue weighted by atomic mass is 32.2. The number of ether oxygens (including phenoxy) is 2. The molecule has 0 aliphatic carbocycles. The zero-order valence-corrected chi connectivity index (χ0v) is 20.7. The van der Waals surface area contributed by atoms with Crippen molar-refractivity contribution in [1.82, 2.24) is 14.8 Å². The number of methoxy groups -OCH3 is 1. The number of para-hydroxylation sites is 1. The first-order valence-electron chi connectivity index (χ1n) is 10.8. The Morgan fingerprint density at radius 3 is 2.26 bits per heavy atom. The Bertz CT molecular complexity index is 1230. The van der Waals surface area contributed by atoms with E-state index >= 15 is 0 Å². The highest BCUT2D eigenvalue weighted by Crippen LogP contribution is 2.37.